The van der Waals surface area contributed by atoms with Gasteiger partial charge in [-0.2, -0.15) is 9.94 Å². The lowest BCUT2D eigenvalue weighted by molar-refractivity contribution is 0.625. The standard InChI is InChI=1S/C12H7FN6O/c13-8-2-1-3-9(6-8)19-11-10(16-17-19)12(20)18(5-4-14)7-15-11/h1-3,6-7H,5H2. The highest BCUT2D eigenvalue weighted by atomic mass is 19.1. The molecule has 0 aliphatic heterocycles. The summed E-state index contributed by atoms with van der Waals surface area (Å²) in [5.74, 6) is -0.427. The smallest absolute Gasteiger partial charge is 0.283 e. The minimum Gasteiger partial charge on any atom is -0.283 e. The first-order valence-corrected chi connectivity index (χ1v) is 5.64. The lowest BCUT2D eigenvalue weighted by Gasteiger charge is -2.02. The van der Waals surface area contributed by atoms with Gasteiger partial charge in [-0.15, -0.1) is 5.10 Å². The van der Waals surface area contributed by atoms with Gasteiger partial charge in [0.2, 0.25) is 0 Å². The maximum absolute atomic E-state index is 13.2. The highest BCUT2D eigenvalue weighted by Crippen LogP contribution is 2.12. The fraction of sp³-hybridized carbons (Fsp3) is 0.0833. The Hall–Kier alpha value is -3.08. The van der Waals surface area contributed by atoms with Gasteiger partial charge in [-0.05, 0) is 18.2 Å². The summed E-state index contributed by atoms with van der Waals surface area (Å²) >= 11 is 0. The molecule has 0 aliphatic rings. The highest BCUT2D eigenvalue weighted by Gasteiger charge is 2.13. The first-order chi connectivity index (χ1) is 9.70. The summed E-state index contributed by atoms with van der Waals surface area (Å²) in [6.45, 7) is -0.116. The lowest BCUT2D eigenvalue weighted by atomic mass is 10.3. The normalized spacial score (nSPS) is 10.6. The molecule has 1 aromatic carbocycles. The summed E-state index contributed by atoms with van der Waals surface area (Å²) in [5, 5.41) is 16.2. The van der Waals surface area contributed by atoms with Gasteiger partial charge in [-0.3, -0.25) is 9.36 Å². The van der Waals surface area contributed by atoms with Crippen molar-refractivity contribution in [3.8, 4) is 11.8 Å². The molecule has 3 aromatic rings. The quantitative estimate of drug-likeness (QED) is 0.681. The van der Waals surface area contributed by atoms with Crippen molar-refractivity contribution in [3.05, 3.63) is 46.8 Å². The highest BCUT2D eigenvalue weighted by molar-refractivity contribution is 5.70. The van der Waals surface area contributed by atoms with Crippen LogP contribution in [0.2, 0.25) is 0 Å². The van der Waals surface area contributed by atoms with Crippen LogP contribution in [0.25, 0.3) is 16.9 Å². The number of nitrogens with zero attached hydrogens (tertiary/aromatic N) is 6. The van der Waals surface area contributed by atoms with Crippen molar-refractivity contribution in [3.63, 3.8) is 0 Å². The maximum Gasteiger partial charge on any atom is 0.284 e. The van der Waals surface area contributed by atoms with E-state index >= 15 is 0 Å². The predicted octanol–water partition coefficient (Wildman–Crippen LogP) is 0.640. The van der Waals surface area contributed by atoms with Crippen LogP contribution in [0.5, 0.6) is 0 Å². The van der Waals surface area contributed by atoms with E-state index in [4.69, 9.17) is 5.26 Å². The molecule has 0 saturated carbocycles. The number of benzene rings is 1. The zero-order valence-electron chi connectivity index (χ0n) is 10.1. The number of fused-ring (bicyclic) bond motifs is 1. The third-order valence-corrected chi connectivity index (χ3v) is 2.72. The molecule has 2 aromatic heterocycles. The van der Waals surface area contributed by atoms with E-state index in [9.17, 15) is 9.18 Å². The van der Waals surface area contributed by atoms with E-state index in [0.29, 0.717) is 5.69 Å². The molecule has 0 fully saturated rings. The van der Waals surface area contributed by atoms with Gasteiger partial charge >= 0.3 is 0 Å². The van der Waals surface area contributed by atoms with E-state index in [1.165, 1.54) is 29.2 Å². The predicted molar refractivity (Wildman–Crippen MR) is 66.5 cm³/mol. The molecule has 0 N–H and O–H groups in total. The summed E-state index contributed by atoms with van der Waals surface area (Å²) in [6.07, 6.45) is 1.24. The Morgan fingerprint density at radius 3 is 3.00 bits per heavy atom. The van der Waals surface area contributed by atoms with Crippen LogP contribution < -0.4 is 5.56 Å². The number of aromatic nitrogens is 5. The summed E-state index contributed by atoms with van der Waals surface area (Å²) < 4.78 is 15.6. The molecule has 0 bridgehead atoms. The first-order valence-electron chi connectivity index (χ1n) is 5.64. The van der Waals surface area contributed by atoms with Crippen LogP contribution in [0, 0.1) is 17.1 Å². The Kier molecular flexibility index (Phi) is 2.72. The Morgan fingerprint density at radius 1 is 1.40 bits per heavy atom. The van der Waals surface area contributed by atoms with Crippen LogP contribution in [-0.2, 0) is 6.54 Å². The lowest BCUT2D eigenvalue weighted by Crippen LogP contribution is -2.20. The number of hydrogen-bond donors (Lipinski definition) is 0. The molecule has 0 radical (unpaired) electrons. The number of rotatable bonds is 2. The van der Waals surface area contributed by atoms with Gasteiger partial charge in [-0.1, -0.05) is 11.3 Å². The molecule has 2 heterocycles. The largest absolute Gasteiger partial charge is 0.284 e. The topological polar surface area (TPSA) is 89.4 Å². The van der Waals surface area contributed by atoms with E-state index < -0.39 is 11.4 Å². The minimum atomic E-state index is -0.459. The summed E-state index contributed by atoms with van der Waals surface area (Å²) in [5.41, 5.74) is 0.207. The molecule has 0 saturated heterocycles. The summed E-state index contributed by atoms with van der Waals surface area (Å²) in [6, 6.07) is 7.56. The Balaban J connectivity index is 2.23. The van der Waals surface area contributed by atoms with Gasteiger partial charge in [0, 0.05) is 0 Å². The van der Waals surface area contributed by atoms with E-state index in [-0.39, 0.29) is 17.7 Å². The van der Waals surface area contributed by atoms with Crippen LogP contribution in [0.1, 0.15) is 0 Å². The molecule has 0 atom stereocenters. The molecular formula is C12H7FN6O. The minimum absolute atomic E-state index is 0.0343. The fourth-order valence-corrected chi connectivity index (χ4v) is 1.81. The van der Waals surface area contributed by atoms with Crippen LogP contribution in [0.4, 0.5) is 4.39 Å². The molecule has 0 aliphatic carbocycles. The molecular weight excluding hydrogens is 263 g/mol. The second-order valence-corrected chi connectivity index (χ2v) is 3.99. The molecule has 3 rings (SSSR count). The summed E-state index contributed by atoms with van der Waals surface area (Å²) in [7, 11) is 0. The summed E-state index contributed by atoms with van der Waals surface area (Å²) in [4.78, 5) is 16.1. The zero-order valence-corrected chi connectivity index (χ0v) is 10.1. The molecule has 98 valence electrons. The monoisotopic (exact) mass is 270 g/mol. The van der Waals surface area contributed by atoms with Crippen molar-refractivity contribution in [1.82, 2.24) is 24.5 Å². The molecule has 0 amide bonds. The number of halogens is 1. The van der Waals surface area contributed by atoms with Crippen LogP contribution >= 0.6 is 0 Å². The Bertz CT molecular complexity index is 891. The van der Waals surface area contributed by atoms with Crippen molar-refractivity contribution in [2.45, 2.75) is 6.54 Å². The molecule has 0 unspecified atom stereocenters. The van der Waals surface area contributed by atoms with Gasteiger partial charge < -0.3 is 0 Å². The van der Waals surface area contributed by atoms with Gasteiger partial charge in [0.25, 0.3) is 5.56 Å². The van der Waals surface area contributed by atoms with Crippen molar-refractivity contribution in [2.24, 2.45) is 0 Å². The van der Waals surface area contributed by atoms with E-state index in [2.05, 4.69) is 15.3 Å². The SMILES string of the molecule is N#CCn1cnc2c(nnn2-c2cccc(F)c2)c1=O. The zero-order chi connectivity index (χ0) is 14.1. The second-order valence-electron chi connectivity index (χ2n) is 3.99. The third-order valence-electron chi connectivity index (χ3n) is 2.72. The number of hydrogen-bond acceptors (Lipinski definition) is 5. The van der Waals surface area contributed by atoms with Gasteiger partial charge in [-0.25, -0.2) is 9.37 Å². The molecule has 20 heavy (non-hydrogen) atoms. The van der Waals surface area contributed by atoms with E-state index in [0.717, 1.165) is 4.57 Å². The average Bonchev–Trinajstić information content (AvgIpc) is 2.87. The van der Waals surface area contributed by atoms with Crippen molar-refractivity contribution in [1.29, 1.82) is 5.26 Å². The molecule has 0 spiro atoms. The average molecular weight is 270 g/mol. The van der Waals surface area contributed by atoms with Gasteiger partial charge in [0.05, 0.1) is 11.8 Å². The molecule has 7 nitrogen and oxygen atoms in total. The fourth-order valence-electron chi connectivity index (χ4n) is 1.81. The third kappa shape index (κ3) is 1.81. The molecule has 8 heteroatoms. The van der Waals surface area contributed by atoms with Gasteiger partial charge in [0.1, 0.15) is 18.7 Å². The van der Waals surface area contributed by atoms with E-state index in [1.54, 1.807) is 6.07 Å². The van der Waals surface area contributed by atoms with Crippen LogP contribution in [-0.4, -0.2) is 24.5 Å². The van der Waals surface area contributed by atoms with Crippen LogP contribution in [0.15, 0.2) is 35.4 Å². The second kappa shape index (κ2) is 4.55. The van der Waals surface area contributed by atoms with E-state index in [1.807, 2.05) is 6.07 Å². The Morgan fingerprint density at radius 2 is 2.25 bits per heavy atom. The van der Waals surface area contributed by atoms with Gasteiger partial charge in [0.15, 0.2) is 11.2 Å². The van der Waals surface area contributed by atoms with Crippen molar-refractivity contribution < 1.29 is 4.39 Å². The van der Waals surface area contributed by atoms with Crippen molar-refractivity contribution in [2.75, 3.05) is 0 Å². The first kappa shape index (κ1) is 12.0. The maximum atomic E-state index is 13.2. The number of nitriles is 1. The Labute approximate surface area is 111 Å². The van der Waals surface area contributed by atoms with Crippen molar-refractivity contribution >= 4 is 11.2 Å². The van der Waals surface area contributed by atoms with Crippen LogP contribution in [0.3, 0.4) is 0 Å².